The van der Waals surface area contributed by atoms with Crippen LogP contribution < -0.4 is 4.90 Å². The van der Waals surface area contributed by atoms with Crippen molar-refractivity contribution in [3.63, 3.8) is 0 Å². The zero-order chi connectivity index (χ0) is 16.4. The van der Waals surface area contributed by atoms with Gasteiger partial charge < -0.3 is 9.88 Å². The Balaban J connectivity index is 1.34. The van der Waals surface area contributed by atoms with E-state index in [1.807, 2.05) is 12.1 Å². The highest BCUT2D eigenvalue weighted by molar-refractivity contribution is 6.35. The van der Waals surface area contributed by atoms with Crippen molar-refractivity contribution >= 4 is 28.6 Å². The summed E-state index contributed by atoms with van der Waals surface area (Å²) in [6, 6.07) is 6.02. The van der Waals surface area contributed by atoms with Gasteiger partial charge in [-0.3, -0.25) is 4.90 Å². The van der Waals surface area contributed by atoms with Crippen LogP contribution in [0.5, 0.6) is 0 Å². The summed E-state index contributed by atoms with van der Waals surface area (Å²) in [5.41, 5.74) is 3.09. The number of nitrogens with one attached hydrogen (secondary N) is 1. The third-order valence-electron chi connectivity index (χ3n) is 4.46. The van der Waals surface area contributed by atoms with Crippen LogP contribution in [-0.4, -0.2) is 57.6 Å². The lowest BCUT2D eigenvalue weighted by Crippen LogP contribution is -2.47. The molecule has 0 atom stereocenters. The van der Waals surface area contributed by atoms with Crippen molar-refractivity contribution in [2.45, 2.75) is 6.42 Å². The van der Waals surface area contributed by atoms with Gasteiger partial charge in [-0.1, -0.05) is 11.6 Å². The average molecular weight is 343 g/mol. The maximum absolute atomic E-state index is 6.30. The Kier molecular flexibility index (Phi) is 4.32. The summed E-state index contributed by atoms with van der Waals surface area (Å²) in [7, 11) is 0. The number of hydrogen-bond donors (Lipinski definition) is 1. The molecule has 0 bridgehead atoms. The molecule has 6 nitrogen and oxygen atoms in total. The van der Waals surface area contributed by atoms with Crippen molar-refractivity contribution < 1.29 is 0 Å². The number of H-pyrrole nitrogens is 1. The van der Waals surface area contributed by atoms with Crippen LogP contribution in [0, 0.1) is 0 Å². The Labute approximate surface area is 145 Å². The van der Waals surface area contributed by atoms with E-state index in [1.165, 1.54) is 5.56 Å². The van der Waals surface area contributed by atoms with Crippen LogP contribution in [0.4, 0.5) is 5.95 Å². The standard InChI is InChI=1S/C17H19ClN6/c18-14-10-13(11-15-16(14)22-12-21-15)2-5-23-6-8-24(9-7-23)17-19-3-1-4-20-17/h1,3-4,10-12H,2,5-9H2,(H,21,22). The first-order chi connectivity index (χ1) is 11.8. The minimum absolute atomic E-state index is 0.717. The molecule has 4 rings (SSSR count). The largest absolute Gasteiger partial charge is 0.345 e. The second kappa shape index (κ2) is 6.75. The minimum atomic E-state index is 0.717. The van der Waals surface area contributed by atoms with Crippen LogP contribution in [-0.2, 0) is 6.42 Å². The molecule has 0 aliphatic carbocycles. The first-order valence-electron chi connectivity index (χ1n) is 8.15. The number of benzene rings is 1. The zero-order valence-corrected chi connectivity index (χ0v) is 14.1. The highest BCUT2D eigenvalue weighted by Crippen LogP contribution is 2.23. The fourth-order valence-electron chi connectivity index (χ4n) is 3.12. The monoisotopic (exact) mass is 342 g/mol. The van der Waals surface area contributed by atoms with Gasteiger partial charge in [-0.2, -0.15) is 0 Å². The fraction of sp³-hybridized carbons (Fsp3) is 0.353. The molecule has 0 saturated carbocycles. The molecule has 1 aromatic carbocycles. The molecule has 124 valence electrons. The molecule has 2 aromatic heterocycles. The van der Waals surface area contributed by atoms with E-state index < -0.39 is 0 Å². The maximum atomic E-state index is 6.30. The molecular weight excluding hydrogens is 324 g/mol. The molecule has 3 aromatic rings. The smallest absolute Gasteiger partial charge is 0.225 e. The Morgan fingerprint density at radius 2 is 1.83 bits per heavy atom. The van der Waals surface area contributed by atoms with Crippen LogP contribution in [0.1, 0.15) is 5.56 Å². The normalized spacial score (nSPS) is 16.0. The summed E-state index contributed by atoms with van der Waals surface area (Å²) < 4.78 is 0. The zero-order valence-electron chi connectivity index (χ0n) is 13.3. The predicted octanol–water partition coefficient (Wildman–Crippen LogP) is 2.37. The number of nitrogens with zero attached hydrogens (tertiary/aromatic N) is 5. The number of aromatic nitrogens is 4. The number of anilines is 1. The fourth-order valence-corrected chi connectivity index (χ4v) is 3.41. The summed E-state index contributed by atoms with van der Waals surface area (Å²) in [5.74, 6) is 0.827. The van der Waals surface area contributed by atoms with Gasteiger partial charge in [-0.05, 0) is 30.2 Å². The molecule has 3 heterocycles. The average Bonchev–Trinajstić information content (AvgIpc) is 3.10. The highest BCUT2D eigenvalue weighted by Gasteiger charge is 2.18. The molecule has 0 radical (unpaired) electrons. The van der Waals surface area contributed by atoms with E-state index in [0.717, 1.165) is 61.1 Å². The summed E-state index contributed by atoms with van der Waals surface area (Å²) in [6.45, 7) is 5.00. The van der Waals surface area contributed by atoms with Gasteiger partial charge in [-0.25, -0.2) is 15.0 Å². The molecule has 0 amide bonds. The number of piperazine rings is 1. The van der Waals surface area contributed by atoms with Crippen molar-refractivity contribution in [1.82, 2.24) is 24.8 Å². The summed E-state index contributed by atoms with van der Waals surface area (Å²) >= 11 is 6.30. The number of aromatic amines is 1. The maximum Gasteiger partial charge on any atom is 0.225 e. The molecule has 0 unspecified atom stereocenters. The van der Waals surface area contributed by atoms with Crippen LogP contribution in [0.2, 0.25) is 5.02 Å². The molecule has 7 heteroatoms. The summed E-state index contributed by atoms with van der Waals surface area (Å²) in [6.07, 6.45) is 6.26. The van der Waals surface area contributed by atoms with Crippen molar-refractivity contribution in [3.8, 4) is 0 Å². The van der Waals surface area contributed by atoms with E-state index in [2.05, 4.69) is 35.8 Å². The van der Waals surface area contributed by atoms with Crippen molar-refractivity contribution in [1.29, 1.82) is 0 Å². The molecule has 1 aliphatic rings. The Morgan fingerprint density at radius 1 is 1.04 bits per heavy atom. The molecular formula is C17H19ClN6. The predicted molar refractivity (Wildman–Crippen MR) is 95.5 cm³/mol. The minimum Gasteiger partial charge on any atom is -0.345 e. The quantitative estimate of drug-likeness (QED) is 0.788. The van der Waals surface area contributed by atoms with Gasteiger partial charge >= 0.3 is 0 Å². The van der Waals surface area contributed by atoms with E-state index >= 15 is 0 Å². The van der Waals surface area contributed by atoms with Crippen molar-refractivity contribution in [2.24, 2.45) is 0 Å². The third kappa shape index (κ3) is 3.20. The summed E-state index contributed by atoms with van der Waals surface area (Å²) in [4.78, 5) is 20.7. The van der Waals surface area contributed by atoms with Crippen LogP contribution in [0.25, 0.3) is 11.0 Å². The number of imidazole rings is 1. The molecule has 24 heavy (non-hydrogen) atoms. The molecule has 0 spiro atoms. The van der Waals surface area contributed by atoms with E-state index in [1.54, 1.807) is 18.7 Å². The SMILES string of the molecule is Clc1cc(CCN2CCN(c3ncccn3)CC2)cc2[nH]cnc12. The Bertz CT molecular complexity index is 810. The van der Waals surface area contributed by atoms with Gasteiger partial charge in [-0.15, -0.1) is 0 Å². The Hall–Kier alpha value is -2.18. The second-order valence-corrected chi connectivity index (χ2v) is 6.41. The van der Waals surface area contributed by atoms with Gasteiger partial charge in [0.2, 0.25) is 5.95 Å². The number of fused-ring (bicyclic) bond motifs is 1. The van der Waals surface area contributed by atoms with E-state index in [9.17, 15) is 0 Å². The molecule has 1 aliphatic heterocycles. The van der Waals surface area contributed by atoms with Gasteiger partial charge in [0, 0.05) is 45.1 Å². The van der Waals surface area contributed by atoms with E-state index in [4.69, 9.17) is 11.6 Å². The number of hydrogen-bond acceptors (Lipinski definition) is 5. The lowest BCUT2D eigenvalue weighted by Gasteiger charge is -2.34. The highest BCUT2D eigenvalue weighted by atomic mass is 35.5. The third-order valence-corrected chi connectivity index (χ3v) is 4.75. The Morgan fingerprint density at radius 3 is 2.62 bits per heavy atom. The van der Waals surface area contributed by atoms with E-state index in [-0.39, 0.29) is 0 Å². The van der Waals surface area contributed by atoms with Crippen molar-refractivity contribution in [3.05, 3.63) is 47.5 Å². The lowest BCUT2D eigenvalue weighted by molar-refractivity contribution is 0.260. The molecule has 1 saturated heterocycles. The van der Waals surface area contributed by atoms with Crippen LogP contribution >= 0.6 is 11.6 Å². The topological polar surface area (TPSA) is 60.9 Å². The van der Waals surface area contributed by atoms with Gasteiger partial charge in [0.05, 0.1) is 16.9 Å². The van der Waals surface area contributed by atoms with Crippen molar-refractivity contribution in [2.75, 3.05) is 37.6 Å². The van der Waals surface area contributed by atoms with E-state index in [0.29, 0.717) is 0 Å². The second-order valence-electron chi connectivity index (χ2n) is 6.00. The number of halogens is 1. The van der Waals surface area contributed by atoms with Gasteiger partial charge in [0.1, 0.15) is 5.52 Å². The molecule has 1 fully saturated rings. The molecule has 1 N–H and O–H groups in total. The van der Waals surface area contributed by atoms with Crippen LogP contribution in [0.15, 0.2) is 36.9 Å². The van der Waals surface area contributed by atoms with Gasteiger partial charge in [0.15, 0.2) is 0 Å². The first kappa shape index (κ1) is 15.4. The van der Waals surface area contributed by atoms with Crippen LogP contribution in [0.3, 0.4) is 0 Å². The number of rotatable bonds is 4. The lowest BCUT2D eigenvalue weighted by atomic mass is 10.1. The summed E-state index contributed by atoms with van der Waals surface area (Å²) in [5, 5.41) is 0.717. The van der Waals surface area contributed by atoms with Gasteiger partial charge in [0.25, 0.3) is 0 Å². The first-order valence-corrected chi connectivity index (χ1v) is 8.53.